The van der Waals surface area contributed by atoms with Crippen LogP contribution in [0.5, 0.6) is 0 Å². The zero-order chi connectivity index (χ0) is 13.7. The van der Waals surface area contributed by atoms with E-state index in [0.717, 1.165) is 23.9 Å². The number of amides is 1. The van der Waals surface area contributed by atoms with Crippen LogP contribution >= 0.6 is 22.7 Å². The summed E-state index contributed by atoms with van der Waals surface area (Å²) in [5.74, 6) is 0.0370. The maximum absolute atomic E-state index is 11.4. The largest absolute Gasteiger partial charge is 0.306 e. The van der Waals surface area contributed by atoms with Gasteiger partial charge in [0.2, 0.25) is 5.91 Å². The third kappa shape index (κ3) is 3.86. The second-order valence-electron chi connectivity index (χ2n) is 4.07. The molecule has 4 nitrogen and oxygen atoms in total. The molecule has 0 radical (unpaired) electrons. The molecular formula is C13H17N3OS2. The third-order valence-corrected chi connectivity index (χ3v) is 4.44. The van der Waals surface area contributed by atoms with E-state index < -0.39 is 0 Å². The molecule has 6 heteroatoms. The van der Waals surface area contributed by atoms with Crippen molar-refractivity contribution in [1.29, 1.82) is 0 Å². The second kappa shape index (κ2) is 6.79. The molecule has 0 aromatic carbocycles. The molecule has 0 spiro atoms. The van der Waals surface area contributed by atoms with E-state index in [4.69, 9.17) is 0 Å². The lowest BCUT2D eigenvalue weighted by atomic mass is 10.4. The van der Waals surface area contributed by atoms with Crippen molar-refractivity contribution in [3.8, 4) is 0 Å². The number of hydrogen-bond acceptors (Lipinski definition) is 5. The molecule has 0 aliphatic rings. The minimum absolute atomic E-state index is 0.0370. The average molecular weight is 295 g/mol. The molecule has 2 aromatic rings. The van der Waals surface area contributed by atoms with Gasteiger partial charge in [-0.05, 0) is 18.4 Å². The molecule has 2 aromatic heterocycles. The molecule has 19 heavy (non-hydrogen) atoms. The Morgan fingerprint density at radius 3 is 2.89 bits per heavy atom. The van der Waals surface area contributed by atoms with Gasteiger partial charge in [0.15, 0.2) is 5.13 Å². The summed E-state index contributed by atoms with van der Waals surface area (Å²) in [7, 11) is 0. The van der Waals surface area contributed by atoms with Crippen LogP contribution in [0.25, 0.3) is 0 Å². The first kappa shape index (κ1) is 14.2. The number of nitrogens with one attached hydrogen (secondary N) is 1. The molecule has 2 rings (SSSR count). The molecule has 0 aliphatic carbocycles. The number of thiophene rings is 1. The summed E-state index contributed by atoms with van der Waals surface area (Å²) in [5, 5.41) is 8.21. The maximum atomic E-state index is 11.4. The van der Waals surface area contributed by atoms with Gasteiger partial charge in [-0.1, -0.05) is 6.07 Å². The molecule has 0 fully saturated rings. The van der Waals surface area contributed by atoms with Crippen LogP contribution in [-0.2, 0) is 17.9 Å². The van der Waals surface area contributed by atoms with Gasteiger partial charge in [0, 0.05) is 36.8 Å². The standard InChI is InChI=1S/C13H17N3OS2/c1-3-16(10(2)17)13-15-11(9-19-13)7-14-8-12-5-4-6-18-12/h4-6,9,14H,3,7-8H2,1-2H3. The fraction of sp³-hybridized carbons (Fsp3) is 0.385. The van der Waals surface area contributed by atoms with E-state index in [1.807, 2.05) is 12.3 Å². The van der Waals surface area contributed by atoms with E-state index in [2.05, 4.69) is 27.8 Å². The number of rotatable bonds is 6. The van der Waals surface area contributed by atoms with Gasteiger partial charge in [-0.15, -0.1) is 22.7 Å². The van der Waals surface area contributed by atoms with Crippen LogP contribution in [0.1, 0.15) is 24.4 Å². The smallest absolute Gasteiger partial charge is 0.225 e. The summed E-state index contributed by atoms with van der Waals surface area (Å²) in [6.45, 7) is 5.76. The van der Waals surface area contributed by atoms with Gasteiger partial charge < -0.3 is 5.32 Å². The Kier molecular flexibility index (Phi) is 5.07. The highest BCUT2D eigenvalue weighted by molar-refractivity contribution is 7.14. The molecule has 0 bridgehead atoms. The van der Waals surface area contributed by atoms with Crippen molar-refractivity contribution < 1.29 is 4.79 Å². The summed E-state index contributed by atoms with van der Waals surface area (Å²) in [5.41, 5.74) is 0.983. The number of thiazole rings is 1. The summed E-state index contributed by atoms with van der Waals surface area (Å²) < 4.78 is 0. The molecular weight excluding hydrogens is 278 g/mol. The number of aromatic nitrogens is 1. The topological polar surface area (TPSA) is 45.2 Å². The van der Waals surface area contributed by atoms with Crippen molar-refractivity contribution in [3.05, 3.63) is 33.5 Å². The fourth-order valence-electron chi connectivity index (χ4n) is 1.72. The van der Waals surface area contributed by atoms with E-state index >= 15 is 0 Å². The Hall–Kier alpha value is -1.24. The summed E-state index contributed by atoms with van der Waals surface area (Å²) in [6, 6.07) is 4.16. The monoisotopic (exact) mass is 295 g/mol. The Balaban J connectivity index is 1.88. The number of nitrogens with zero attached hydrogens (tertiary/aromatic N) is 2. The summed E-state index contributed by atoms with van der Waals surface area (Å²) in [6.07, 6.45) is 0. The molecule has 0 unspecified atom stereocenters. The zero-order valence-electron chi connectivity index (χ0n) is 11.0. The van der Waals surface area contributed by atoms with Crippen LogP contribution in [-0.4, -0.2) is 17.4 Å². The van der Waals surface area contributed by atoms with Gasteiger partial charge in [-0.3, -0.25) is 9.69 Å². The molecule has 1 N–H and O–H groups in total. The number of carbonyl (C=O) groups is 1. The predicted molar refractivity (Wildman–Crippen MR) is 80.7 cm³/mol. The lowest BCUT2D eigenvalue weighted by Crippen LogP contribution is -2.27. The highest BCUT2D eigenvalue weighted by atomic mass is 32.1. The van der Waals surface area contributed by atoms with Gasteiger partial charge in [-0.25, -0.2) is 4.98 Å². The SMILES string of the molecule is CCN(C(C)=O)c1nc(CNCc2cccs2)cs1. The third-order valence-electron chi connectivity index (χ3n) is 2.65. The molecule has 0 atom stereocenters. The van der Waals surface area contributed by atoms with Crippen LogP contribution in [0.4, 0.5) is 5.13 Å². The average Bonchev–Trinajstić information content (AvgIpc) is 3.02. The van der Waals surface area contributed by atoms with Gasteiger partial charge in [0.1, 0.15) is 0 Å². The highest BCUT2D eigenvalue weighted by Gasteiger charge is 2.13. The molecule has 2 heterocycles. The summed E-state index contributed by atoms with van der Waals surface area (Å²) >= 11 is 3.26. The van der Waals surface area contributed by atoms with Crippen molar-refractivity contribution in [2.45, 2.75) is 26.9 Å². The van der Waals surface area contributed by atoms with Gasteiger partial charge in [0.05, 0.1) is 5.69 Å². The van der Waals surface area contributed by atoms with E-state index in [9.17, 15) is 4.79 Å². The Labute approximate surface area is 121 Å². The highest BCUT2D eigenvalue weighted by Crippen LogP contribution is 2.20. The predicted octanol–water partition coefficient (Wildman–Crippen LogP) is 2.87. The molecule has 1 amide bonds. The Bertz CT molecular complexity index is 522. The van der Waals surface area contributed by atoms with Gasteiger partial charge >= 0.3 is 0 Å². The van der Waals surface area contributed by atoms with E-state index in [-0.39, 0.29) is 5.91 Å². The van der Waals surface area contributed by atoms with Gasteiger partial charge in [0.25, 0.3) is 0 Å². The van der Waals surface area contributed by atoms with Gasteiger partial charge in [-0.2, -0.15) is 0 Å². The minimum atomic E-state index is 0.0370. The fourth-order valence-corrected chi connectivity index (χ4v) is 3.33. The van der Waals surface area contributed by atoms with Crippen molar-refractivity contribution in [3.63, 3.8) is 0 Å². The van der Waals surface area contributed by atoms with E-state index in [1.165, 1.54) is 16.2 Å². The van der Waals surface area contributed by atoms with Crippen LogP contribution < -0.4 is 10.2 Å². The number of carbonyl (C=O) groups excluding carboxylic acids is 1. The number of hydrogen-bond donors (Lipinski definition) is 1. The van der Waals surface area contributed by atoms with Crippen LogP contribution in [0, 0.1) is 0 Å². The first-order valence-corrected chi connectivity index (χ1v) is 7.92. The molecule has 0 saturated heterocycles. The van der Waals surface area contributed by atoms with Crippen molar-refractivity contribution >= 4 is 33.7 Å². The Morgan fingerprint density at radius 2 is 2.26 bits per heavy atom. The lowest BCUT2D eigenvalue weighted by molar-refractivity contribution is -0.116. The Morgan fingerprint density at radius 1 is 1.42 bits per heavy atom. The minimum Gasteiger partial charge on any atom is -0.306 e. The normalized spacial score (nSPS) is 10.6. The zero-order valence-corrected chi connectivity index (χ0v) is 12.7. The van der Waals surface area contributed by atoms with Crippen molar-refractivity contribution in [2.75, 3.05) is 11.4 Å². The van der Waals surface area contributed by atoms with Crippen LogP contribution in [0.15, 0.2) is 22.9 Å². The quantitative estimate of drug-likeness (QED) is 0.891. The molecule has 0 aliphatic heterocycles. The van der Waals surface area contributed by atoms with Crippen LogP contribution in [0.2, 0.25) is 0 Å². The lowest BCUT2D eigenvalue weighted by Gasteiger charge is -2.14. The first-order valence-electron chi connectivity index (χ1n) is 6.16. The second-order valence-corrected chi connectivity index (χ2v) is 5.94. The van der Waals surface area contributed by atoms with Crippen molar-refractivity contribution in [2.24, 2.45) is 0 Å². The van der Waals surface area contributed by atoms with E-state index in [1.54, 1.807) is 23.2 Å². The number of anilines is 1. The van der Waals surface area contributed by atoms with Crippen molar-refractivity contribution in [1.82, 2.24) is 10.3 Å². The molecule has 0 saturated carbocycles. The van der Waals surface area contributed by atoms with Crippen LogP contribution in [0.3, 0.4) is 0 Å². The first-order chi connectivity index (χ1) is 9.20. The molecule has 102 valence electrons. The maximum Gasteiger partial charge on any atom is 0.225 e. The van der Waals surface area contributed by atoms with E-state index in [0.29, 0.717) is 6.54 Å². The summed E-state index contributed by atoms with van der Waals surface area (Å²) in [4.78, 5) is 18.9.